The van der Waals surface area contributed by atoms with E-state index in [1.807, 2.05) is 18.2 Å². The molecule has 0 spiro atoms. The molecule has 1 fully saturated rings. The largest absolute Gasteiger partial charge is 0.511 e. The third kappa shape index (κ3) is 4.26. The molecule has 0 aromatic heterocycles. The lowest BCUT2D eigenvalue weighted by Crippen LogP contribution is -2.34. The van der Waals surface area contributed by atoms with Crippen LogP contribution in [-0.4, -0.2) is 23.1 Å². The molecule has 2 aromatic rings. The predicted molar refractivity (Wildman–Crippen MR) is 96.0 cm³/mol. The summed E-state index contributed by atoms with van der Waals surface area (Å²) in [7, 11) is 0. The Balaban J connectivity index is 1.66. The summed E-state index contributed by atoms with van der Waals surface area (Å²) in [6.07, 6.45) is 1.62. The van der Waals surface area contributed by atoms with Crippen LogP contribution in [0.2, 0.25) is 0 Å². The molecule has 0 bridgehead atoms. The Labute approximate surface area is 147 Å². The molecule has 1 aliphatic heterocycles. The topological polar surface area (TPSA) is 47.3 Å². The highest BCUT2D eigenvalue weighted by molar-refractivity contribution is 5.78. The van der Waals surface area contributed by atoms with Gasteiger partial charge in [-0.2, -0.15) is 5.26 Å². The van der Waals surface area contributed by atoms with Crippen LogP contribution in [0.4, 0.5) is 4.39 Å². The van der Waals surface area contributed by atoms with Crippen LogP contribution in [0.3, 0.4) is 0 Å². The van der Waals surface area contributed by atoms with Crippen molar-refractivity contribution in [2.75, 3.05) is 13.1 Å². The van der Waals surface area contributed by atoms with Gasteiger partial charge in [0, 0.05) is 12.5 Å². The molecule has 2 aromatic carbocycles. The minimum Gasteiger partial charge on any atom is -0.511 e. The number of hydrogen-bond acceptors (Lipinski definition) is 3. The zero-order chi connectivity index (χ0) is 17.6. The van der Waals surface area contributed by atoms with Gasteiger partial charge in [-0.3, -0.25) is 4.90 Å². The number of piperidine rings is 1. The number of allylic oxidation sites excluding steroid dienone is 2. The molecule has 3 nitrogen and oxygen atoms in total. The second-order valence-electron chi connectivity index (χ2n) is 6.41. The molecule has 3 rings (SSSR count). The van der Waals surface area contributed by atoms with E-state index in [9.17, 15) is 14.8 Å². The quantitative estimate of drug-likeness (QED) is 0.659. The summed E-state index contributed by atoms with van der Waals surface area (Å²) in [6.45, 7) is 2.67. The Hall–Kier alpha value is -2.64. The number of halogens is 1. The van der Waals surface area contributed by atoms with Crippen molar-refractivity contribution >= 4 is 5.57 Å². The van der Waals surface area contributed by atoms with Gasteiger partial charge in [-0.15, -0.1) is 0 Å². The SMILES string of the molecule is N#CC(=C(O)C1CCN(Cc2ccccc2)CC1)c1ccc(F)cc1. The van der Waals surface area contributed by atoms with Crippen LogP contribution in [-0.2, 0) is 6.54 Å². The third-order valence-electron chi connectivity index (χ3n) is 4.72. The average molecular weight is 336 g/mol. The number of rotatable bonds is 4. The van der Waals surface area contributed by atoms with E-state index >= 15 is 0 Å². The van der Waals surface area contributed by atoms with E-state index in [1.54, 1.807) is 0 Å². The van der Waals surface area contributed by atoms with Crippen LogP contribution in [0.25, 0.3) is 5.57 Å². The fraction of sp³-hybridized carbons (Fsp3) is 0.286. The molecular formula is C21H21FN2O. The number of aliphatic hydroxyl groups is 1. The molecule has 0 atom stereocenters. The Bertz CT molecular complexity index is 770. The van der Waals surface area contributed by atoms with Crippen molar-refractivity contribution in [2.45, 2.75) is 19.4 Å². The normalized spacial score (nSPS) is 17.0. The lowest BCUT2D eigenvalue weighted by molar-refractivity contribution is 0.167. The molecule has 1 N–H and O–H groups in total. The first kappa shape index (κ1) is 17.2. The van der Waals surface area contributed by atoms with Crippen LogP contribution < -0.4 is 0 Å². The molecule has 0 amide bonds. The third-order valence-corrected chi connectivity index (χ3v) is 4.72. The molecule has 1 aliphatic rings. The number of hydrogen-bond donors (Lipinski definition) is 1. The maximum absolute atomic E-state index is 13.1. The summed E-state index contributed by atoms with van der Waals surface area (Å²) in [4.78, 5) is 2.36. The van der Waals surface area contributed by atoms with Gasteiger partial charge in [-0.25, -0.2) is 4.39 Å². The van der Waals surface area contributed by atoms with Gasteiger partial charge >= 0.3 is 0 Å². The lowest BCUT2D eigenvalue weighted by Gasteiger charge is -2.32. The second kappa shape index (κ2) is 7.96. The van der Waals surface area contributed by atoms with Gasteiger partial charge in [0.1, 0.15) is 17.6 Å². The highest BCUT2D eigenvalue weighted by Crippen LogP contribution is 2.29. The van der Waals surface area contributed by atoms with Crippen molar-refractivity contribution in [1.82, 2.24) is 4.90 Å². The van der Waals surface area contributed by atoms with Crippen LogP contribution in [0.5, 0.6) is 0 Å². The van der Waals surface area contributed by atoms with E-state index in [0.29, 0.717) is 5.56 Å². The van der Waals surface area contributed by atoms with E-state index in [4.69, 9.17) is 0 Å². The highest BCUT2D eigenvalue weighted by Gasteiger charge is 2.25. The molecule has 4 heteroatoms. The summed E-state index contributed by atoms with van der Waals surface area (Å²) < 4.78 is 13.1. The summed E-state index contributed by atoms with van der Waals surface area (Å²) in [5, 5.41) is 20.0. The monoisotopic (exact) mass is 336 g/mol. The van der Waals surface area contributed by atoms with E-state index in [2.05, 4.69) is 23.1 Å². The number of aliphatic hydroxyl groups excluding tert-OH is 1. The lowest BCUT2D eigenvalue weighted by atomic mass is 9.90. The number of benzene rings is 2. The van der Waals surface area contributed by atoms with Gasteiger partial charge in [-0.05, 0) is 49.2 Å². The summed E-state index contributed by atoms with van der Waals surface area (Å²) in [5.74, 6) is -0.241. The molecule has 1 saturated heterocycles. The van der Waals surface area contributed by atoms with Gasteiger partial charge < -0.3 is 5.11 Å². The number of likely N-dealkylation sites (tertiary alicyclic amines) is 1. The Morgan fingerprint density at radius 1 is 1.08 bits per heavy atom. The molecule has 0 aliphatic carbocycles. The molecule has 1 heterocycles. The van der Waals surface area contributed by atoms with E-state index in [0.717, 1.165) is 32.5 Å². The first-order chi connectivity index (χ1) is 12.2. The standard InChI is InChI=1S/C21H21FN2O/c22-19-8-6-17(7-9-19)20(14-23)21(25)18-10-12-24(13-11-18)15-16-4-2-1-3-5-16/h1-9,18,25H,10-13,15H2. The minimum atomic E-state index is -0.352. The smallest absolute Gasteiger partial charge is 0.123 e. The van der Waals surface area contributed by atoms with E-state index in [-0.39, 0.29) is 23.1 Å². The van der Waals surface area contributed by atoms with E-state index < -0.39 is 0 Å². The van der Waals surface area contributed by atoms with Crippen molar-refractivity contribution < 1.29 is 9.50 Å². The maximum atomic E-state index is 13.1. The maximum Gasteiger partial charge on any atom is 0.123 e. The Kier molecular flexibility index (Phi) is 5.47. The first-order valence-electron chi connectivity index (χ1n) is 8.53. The predicted octanol–water partition coefficient (Wildman–Crippen LogP) is 4.53. The average Bonchev–Trinajstić information content (AvgIpc) is 2.65. The van der Waals surface area contributed by atoms with Crippen LogP contribution in [0.1, 0.15) is 24.0 Å². The zero-order valence-electron chi connectivity index (χ0n) is 14.0. The Morgan fingerprint density at radius 2 is 1.72 bits per heavy atom. The highest BCUT2D eigenvalue weighted by atomic mass is 19.1. The van der Waals surface area contributed by atoms with Gasteiger partial charge in [0.15, 0.2) is 0 Å². The van der Waals surface area contributed by atoms with Crippen molar-refractivity contribution in [1.29, 1.82) is 5.26 Å². The number of nitriles is 1. The van der Waals surface area contributed by atoms with Gasteiger partial charge in [0.2, 0.25) is 0 Å². The van der Waals surface area contributed by atoms with Crippen molar-refractivity contribution in [3.8, 4) is 6.07 Å². The van der Waals surface area contributed by atoms with Crippen molar-refractivity contribution in [3.05, 3.63) is 77.3 Å². The molecular weight excluding hydrogens is 315 g/mol. The second-order valence-corrected chi connectivity index (χ2v) is 6.41. The van der Waals surface area contributed by atoms with Gasteiger partial charge in [-0.1, -0.05) is 42.5 Å². The Morgan fingerprint density at radius 3 is 2.32 bits per heavy atom. The summed E-state index contributed by atoms with van der Waals surface area (Å²) in [5.41, 5.74) is 2.10. The van der Waals surface area contributed by atoms with Crippen LogP contribution in [0, 0.1) is 23.1 Å². The summed E-state index contributed by atoms with van der Waals surface area (Å²) in [6, 6.07) is 18.1. The van der Waals surface area contributed by atoms with Gasteiger partial charge in [0.05, 0.1) is 5.57 Å². The first-order valence-corrected chi connectivity index (χ1v) is 8.53. The molecule has 0 unspecified atom stereocenters. The van der Waals surface area contributed by atoms with Gasteiger partial charge in [0.25, 0.3) is 0 Å². The molecule has 0 saturated carbocycles. The molecule has 128 valence electrons. The van der Waals surface area contributed by atoms with Crippen LogP contribution in [0.15, 0.2) is 60.4 Å². The molecule has 25 heavy (non-hydrogen) atoms. The minimum absolute atomic E-state index is 0.0215. The van der Waals surface area contributed by atoms with Crippen molar-refractivity contribution in [3.63, 3.8) is 0 Å². The van der Waals surface area contributed by atoms with E-state index in [1.165, 1.54) is 29.8 Å². The fourth-order valence-electron chi connectivity index (χ4n) is 3.30. The van der Waals surface area contributed by atoms with Crippen molar-refractivity contribution in [2.24, 2.45) is 5.92 Å². The van der Waals surface area contributed by atoms with Crippen LogP contribution >= 0.6 is 0 Å². The zero-order valence-corrected chi connectivity index (χ0v) is 14.0. The fourth-order valence-corrected chi connectivity index (χ4v) is 3.30. The molecule has 0 radical (unpaired) electrons. The number of nitrogens with zero attached hydrogens (tertiary/aromatic N) is 2. The summed E-state index contributed by atoms with van der Waals surface area (Å²) >= 11 is 0.